The molecule has 1 aromatic heterocycles. The molecule has 0 radical (unpaired) electrons. The lowest BCUT2D eigenvalue weighted by Gasteiger charge is -2.25. The average Bonchev–Trinajstić information content (AvgIpc) is 3.42. The molecule has 1 fully saturated rings. The van der Waals surface area contributed by atoms with Gasteiger partial charge in [-0.1, -0.05) is 30.3 Å². The van der Waals surface area contributed by atoms with Crippen molar-refractivity contribution in [3.05, 3.63) is 66.0 Å². The van der Waals surface area contributed by atoms with E-state index in [9.17, 15) is 0 Å². The van der Waals surface area contributed by atoms with Gasteiger partial charge in [0.25, 0.3) is 0 Å². The monoisotopic (exact) mass is 361 g/mol. The quantitative estimate of drug-likeness (QED) is 0.700. The minimum atomic E-state index is 0.330. The zero-order valence-corrected chi connectivity index (χ0v) is 15.5. The fourth-order valence-electron chi connectivity index (χ4n) is 4.12. The Kier molecular flexibility index (Phi) is 4.09. The summed E-state index contributed by atoms with van der Waals surface area (Å²) in [6, 6.07) is 15.7. The molecule has 2 aliphatic rings. The highest BCUT2D eigenvalue weighted by molar-refractivity contribution is 5.61. The molecule has 5 rings (SSSR count). The second kappa shape index (κ2) is 6.74. The van der Waals surface area contributed by atoms with Crippen LogP contribution in [-0.2, 0) is 13.6 Å². The van der Waals surface area contributed by atoms with E-state index in [1.54, 1.807) is 0 Å². The molecule has 2 aromatic carbocycles. The number of aromatic nitrogens is 2. The SMILES string of the molecule is Cn1cc(-c2ccc(CN3CCC[C@@H]3c3ccc4c(c3)OCO4)cc2)cn1. The van der Waals surface area contributed by atoms with Crippen LogP contribution in [0.1, 0.15) is 30.0 Å². The average molecular weight is 361 g/mol. The third-order valence-electron chi connectivity index (χ3n) is 5.52. The Morgan fingerprint density at radius 2 is 1.89 bits per heavy atom. The summed E-state index contributed by atoms with van der Waals surface area (Å²) in [5, 5.41) is 4.26. The first-order valence-corrected chi connectivity index (χ1v) is 9.48. The summed E-state index contributed by atoms with van der Waals surface area (Å²) in [7, 11) is 1.95. The van der Waals surface area contributed by atoms with Gasteiger partial charge in [0.2, 0.25) is 6.79 Å². The molecule has 0 aliphatic carbocycles. The number of benzene rings is 2. The first-order valence-electron chi connectivity index (χ1n) is 9.48. The van der Waals surface area contributed by atoms with Gasteiger partial charge >= 0.3 is 0 Å². The molecule has 0 bridgehead atoms. The highest BCUT2D eigenvalue weighted by Gasteiger charge is 2.27. The molecule has 2 aliphatic heterocycles. The van der Waals surface area contributed by atoms with Gasteiger partial charge in [-0.2, -0.15) is 5.10 Å². The number of ether oxygens (including phenoxy) is 2. The van der Waals surface area contributed by atoms with E-state index in [1.807, 2.05) is 30.2 Å². The standard InChI is InChI=1S/C22H23N3O2/c1-24-14-19(12-23-24)17-6-4-16(5-7-17)13-25-10-2-3-20(25)18-8-9-21-22(11-18)27-15-26-21/h4-9,11-12,14,20H,2-3,10,13,15H2,1H3/t20-/m1/s1. The zero-order chi connectivity index (χ0) is 18.2. The molecule has 3 heterocycles. The van der Waals surface area contributed by atoms with Crippen molar-refractivity contribution in [2.75, 3.05) is 13.3 Å². The molecule has 0 unspecified atom stereocenters. The number of fused-ring (bicyclic) bond motifs is 1. The van der Waals surface area contributed by atoms with Gasteiger partial charge in [0.1, 0.15) is 0 Å². The predicted molar refractivity (Wildman–Crippen MR) is 104 cm³/mol. The molecule has 0 N–H and O–H groups in total. The maximum atomic E-state index is 5.56. The molecule has 27 heavy (non-hydrogen) atoms. The fraction of sp³-hybridized carbons (Fsp3) is 0.318. The number of hydrogen-bond acceptors (Lipinski definition) is 4. The zero-order valence-electron chi connectivity index (χ0n) is 15.5. The van der Waals surface area contributed by atoms with Gasteiger partial charge in [-0.05, 0) is 48.2 Å². The van der Waals surface area contributed by atoms with Crippen LogP contribution in [-0.4, -0.2) is 28.0 Å². The van der Waals surface area contributed by atoms with Crippen molar-refractivity contribution in [3.63, 3.8) is 0 Å². The topological polar surface area (TPSA) is 39.5 Å². The highest BCUT2D eigenvalue weighted by Crippen LogP contribution is 2.39. The third kappa shape index (κ3) is 3.19. The van der Waals surface area contributed by atoms with Crippen LogP contribution in [0.5, 0.6) is 11.5 Å². The van der Waals surface area contributed by atoms with Gasteiger partial charge in [0, 0.05) is 31.4 Å². The molecule has 1 atom stereocenters. The predicted octanol–water partition coefficient (Wildman–Crippen LogP) is 4.15. The lowest BCUT2D eigenvalue weighted by molar-refractivity contribution is 0.174. The van der Waals surface area contributed by atoms with E-state index in [0.29, 0.717) is 12.8 Å². The van der Waals surface area contributed by atoms with E-state index >= 15 is 0 Å². The maximum absolute atomic E-state index is 5.56. The van der Waals surface area contributed by atoms with Gasteiger partial charge in [0.05, 0.1) is 6.20 Å². The van der Waals surface area contributed by atoms with Crippen molar-refractivity contribution >= 4 is 0 Å². The maximum Gasteiger partial charge on any atom is 0.231 e. The molecule has 5 heteroatoms. The summed E-state index contributed by atoms with van der Waals surface area (Å²) in [4.78, 5) is 2.57. The van der Waals surface area contributed by atoms with Crippen LogP contribution in [0.2, 0.25) is 0 Å². The number of aryl methyl sites for hydroxylation is 1. The summed E-state index contributed by atoms with van der Waals surface area (Å²) >= 11 is 0. The number of likely N-dealkylation sites (tertiary alicyclic amines) is 1. The van der Waals surface area contributed by atoms with Crippen molar-refractivity contribution in [2.45, 2.75) is 25.4 Å². The summed E-state index contributed by atoms with van der Waals surface area (Å²) in [5.41, 5.74) is 5.03. The molecule has 0 saturated carbocycles. The Morgan fingerprint density at radius 3 is 2.70 bits per heavy atom. The molecule has 5 nitrogen and oxygen atoms in total. The first kappa shape index (κ1) is 16.4. The second-order valence-corrected chi connectivity index (χ2v) is 7.34. The normalized spacial score (nSPS) is 18.9. The first-order chi connectivity index (χ1) is 13.3. The summed E-state index contributed by atoms with van der Waals surface area (Å²) in [6.07, 6.45) is 6.37. The van der Waals surface area contributed by atoms with Crippen molar-refractivity contribution in [3.8, 4) is 22.6 Å². The fourth-order valence-corrected chi connectivity index (χ4v) is 4.12. The van der Waals surface area contributed by atoms with E-state index in [-0.39, 0.29) is 0 Å². The van der Waals surface area contributed by atoms with E-state index in [1.165, 1.54) is 29.5 Å². The van der Waals surface area contributed by atoms with Crippen LogP contribution in [0.15, 0.2) is 54.9 Å². The van der Waals surface area contributed by atoms with Crippen LogP contribution >= 0.6 is 0 Å². The van der Waals surface area contributed by atoms with Crippen molar-refractivity contribution in [1.29, 1.82) is 0 Å². The molecule has 0 amide bonds. The smallest absolute Gasteiger partial charge is 0.231 e. The Labute approximate surface area is 159 Å². The number of rotatable bonds is 4. The van der Waals surface area contributed by atoms with Crippen molar-refractivity contribution < 1.29 is 9.47 Å². The molecule has 3 aromatic rings. The molecular formula is C22H23N3O2. The Balaban J connectivity index is 1.32. The third-order valence-corrected chi connectivity index (χ3v) is 5.52. The van der Waals surface area contributed by atoms with Crippen LogP contribution in [0.4, 0.5) is 0 Å². The summed E-state index contributed by atoms with van der Waals surface area (Å²) in [5.74, 6) is 1.73. The lowest BCUT2D eigenvalue weighted by Crippen LogP contribution is -2.22. The molecule has 1 saturated heterocycles. The Morgan fingerprint density at radius 1 is 1.04 bits per heavy atom. The molecular weight excluding hydrogens is 338 g/mol. The van der Waals surface area contributed by atoms with Crippen LogP contribution in [0.25, 0.3) is 11.1 Å². The van der Waals surface area contributed by atoms with Gasteiger partial charge < -0.3 is 9.47 Å². The second-order valence-electron chi connectivity index (χ2n) is 7.34. The Bertz CT molecular complexity index is 948. The van der Waals surface area contributed by atoms with Crippen molar-refractivity contribution in [2.24, 2.45) is 7.05 Å². The van der Waals surface area contributed by atoms with E-state index in [0.717, 1.165) is 30.2 Å². The molecule has 0 spiro atoms. The van der Waals surface area contributed by atoms with E-state index < -0.39 is 0 Å². The summed E-state index contributed by atoms with van der Waals surface area (Å²) < 4.78 is 12.8. The van der Waals surface area contributed by atoms with Gasteiger partial charge in [-0.15, -0.1) is 0 Å². The van der Waals surface area contributed by atoms with Gasteiger partial charge in [-0.25, -0.2) is 0 Å². The van der Waals surface area contributed by atoms with Gasteiger partial charge in [0.15, 0.2) is 11.5 Å². The largest absolute Gasteiger partial charge is 0.454 e. The summed E-state index contributed by atoms with van der Waals surface area (Å²) in [6.45, 7) is 2.42. The van der Waals surface area contributed by atoms with Crippen LogP contribution in [0, 0.1) is 0 Å². The lowest BCUT2D eigenvalue weighted by atomic mass is 10.0. The van der Waals surface area contributed by atoms with Crippen LogP contribution < -0.4 is 9.47 Å². The number of nitrogens with zero attached hydrogens (tertiary/aromatic N) is 3. The van der Waals surface area contributed by atoms with E-state index in [2.05, 4.69) is 46.4 Å². The van der Waals surface area contributed by atoms with E-state index in [4.69, 9.17) is 9.47 Å². The highest BCUT2D eigenvalue weighted by atomic mass is 16.7. The molecule has 138 valence electrons. The van der Waals surface area contributed by atoms with Gasteiger partial charge in [-0.3, -0.25) is 9.58 Å². The van der Waals surface area contributed by atoms with Crippen LogP contribution in [0.3, 0.4) is 0 Å². The van der Waals surface area contributed by atoms with Crippen molar-refractivity contribution in [1.82, 2.24) is 14.7 Å². The minimum absolute atomic E-state index is 0.330. The Hall–Kier alpha value is -2.79. The number of hydrogen-bond donors (Lipinski definition) is 0. The minimum Gasteiger partial charge on any atom is -0.454 e.